The molecule has 0 saturated heterocycles. The molecule has 0 aliphatic heterocycles. The maximum absolute atomic E-state index is 10.3. The summed E-state index contributed by atoms with van der Waals surface area (Å²) < 4.78 is 0. The number of hydrogen-bond acceptors (Lipinski definition) is 3. The van der Waals surface area contributed by atoms with E-state index >= 15 is 0 Å². The van der Waals surface area contributed by atoms with Crippen molar-refractivity contribution >= 4 is 17.6 Å². The monoisotopic (exact) mass is 223 g/mol. The Balaban J connectivity index is 0.00000144. The molecule has 0 spiro atoms. The second kappa shape index (κ2) is 6.13. The van der Waals surface area contributed by atoms with Crippen molar-refractivity contribution in [3.8, 4) is 0 Å². The minimum Gasteiger partial charge on any atom is -0.548 e. The number of aliphatic carboxylic acids is 1. The number of halogens is 1. The van der Waals surface area contributed by atoms with E-state index in [1.807, 2.05) is 0 Å². The van der Waals surface area contributed by atoms with Crippen LogP contribution in [0.15, 0.2) is 24.3 Å². The van der Waals surface area contributed by atoms with Crippen LogP contribution in [0.5, 0.6) is 0 Å². The van der Waals surface area contributed by atoms with Crippen LogP contribution in [0.3, 0.4) is 0 Å². The molecule has 1 rings (SSSR count). The molecule has 1 aromatic carbocycles. The van der Waals surface area contributed by atoms with Gasteiger partial charge in [-0.1, -0.05) is 23.7 Å². The zero-order valence-electron chi connectivity index (χ0n) is 7.16. The van der Waals surface area contributed by atoms with Gasteiger partial charge in [-0.2, -0.15) is 0 Å². The maximum atomic E-state index is 10.3. The minimum absolute atomic E-state index is 0. The van der Waals surface area contributed by atoms with Gasteiger partial charge in [-0.15, -0.1) is 0 Å². The fourth-order valence-electron chi connectivity index (χ4n) is 0.806. The first-order valence-corrected chi connectivity index (χ1v) is 3.71. The topological polar surface area (TPSA) is 66.2 Å². The summed E-state index contributed by atoms with van der Waals surface area (Å²) in [7, 11) is 0. The smallest absolute Gasteiger partial charge is 0.548 e. The quantitative estimate of drug-likeness (QED) is 0.547. The van der Waals surface area contributed by atoms with Crippen molar-refractivity contribution in [2.24, 2.45) is 5.73 Å². The van der Waals surface area contributed by atoms with E-state index in [-0.39, 0.29) is 51.4 Å². The summed E-state index contributed by atoms with van der Waals surface area (Å²) in [5.74, 6) is -1.29. The normalized spacial score (nSPS) is 11.5. The van der Waals surface area contributed by atoms with Crippen molar-refractivity contribution in [2.75, 3.05) is 0 Å². The SMILES string of the molecule is N[C@H](C(=O)[O-])c1ccc(Cl)cc1.[K+]. The van der Waals surface area contributed by atoms with Gasteiger partial charge in [0.2, 0.25) is 0 Å². The van der Waals surface area contributed by atoms with Crippen LogP contribution in [0, 0.1) is 0 Å². The summed E-state index contributed by atoms with van der Waals surface area (Å²) in [4.78, 5) is 10.3. The van der Waals surface area contributed by atoms with Gasteiger partial charge in [-0.3, -0.25) is 0 Å². The third kappa shape index (κ3) is 4.08. The predicted octanol–water partition coefficient (Wildman–Crippen LogP) is -2.91. The molecule has 0 unspecified atom stereocenters. The van der Waals surface area contributed by atoms with Crippen LogP contribution in [-0.4, -0.2) is 5.97 Å². The second-order valence-electron chi connectivity index (χ2n) is 2.35. The molecule has 1 atom stereocenters. The second-order valence-corrected chi connectivity index (χ2v) is 2.78. The van der Waals surface area contributed by atoms with Crippen LogP contribution in [0.25, 0.3) is 0 Å². The number of nitrogens with two attached hydrogens (primary N) is 1. The Morgan fingerprint density at radius 3 is 2.23 bits per heavy atom. The van der Waals surface area contributed by atoms with Gasteiger partial charge in [0.1, 0.15) is 0 Å². The van der Waals surface area contributed by atoms with Crippen LogP contribution in [0.1, 0.15) is 11.6 Å². The van der Waals surface area contributed by atoms with Crippen molar-refractivity contribution in [1.29, 1.82) is 0 Å². The Morgan fingerprint density at radius 2 is 1.85 bits per heavy atom. The largest absolute Gasteiger partial charge is 1.00 e. The standard InChI is InChI=1S/C8H8ClNO2.K/c9-6-3-1-5(2-4-6)7(10)8(11)12;/h1-4,7H,10H2,(H,11,12);/q;+1/p-1/t7-;/m0./s1. The van der Waals surface area contributed by atoms with Gasteiger partial charge in [0, 0.05) is 5.02 Å². The van der Waals surface area contributed by atoms with E-state index in [1.165, 1.54) is 0 Å². The summed E-state index contributed by atoms with van der Waals surface area (Å²) >= 11 is 5.59. The Morgan fingerprint density at radius 1 is 1.38 bits per heavy atom. The molecule has 0 saturated carbocycles. The molecule has 0 fully saturated rings. The molecular weight excluding hydrogens is 217 g/mol. The number of carboxylic acid groups (broad SMARTS) is 1. The van der Waals surface area contributed by atoms with Crippen molar-refractivity contribution in [3.63, 3.8) is 0 Å². The van der Waals surface area contributed by atoms with Crippen molar-refractivity contribution in [3.05, 3.63) is 34.9 Å². The van der Waals surface area contributed by atoms with E-state index in [2.05, 4.69) is 0 Å². The summed E-state index contributed by atoms with van der Waals surface area (Å²) in [5, 5.41) is 10.9. The summed E-state index contributed by atoms with van der Waals surface area (Å²) in [6.45, 7) is 0. The average molecular weight is 224 g/mol. The number of carbonyl (C=O) groups is 1. The van der Waals surface area contributed by atoms with Gasteiger partial charge < -0.3 is 15.6 Å². The Bertz CT molecular complexity index is 289. The Kier molecular flexibility index (Phi) is 6.41. The first-order chi connectivity index (χ1) is 5.61. The zero-order valence-corrected chi connectivity index (χ0v) is 11.0. The van der Waals surface area contributed by atoms with Gasteiger partial charge in [-0.25, -0.2) is 0 Å². The minimum atomic E-state index is -1.29. The van der Waals surface area contributed by atoms with Gasteiger partial charge in [0.15, 0.2) is 0 Å². The number of carbonyl (C=O) groups excluding carboxylic acids is 1. The fourth-order valence-corrected chi connectivity index (χ4v) is 0.932. The summed E-state index contributed by atoms with van der Waals surface area (Å²) in [6.07, 6.45) is 0. The molecule has 0 amide bonds. The maximum Gasteiger partial charge on any atom is 1.00 e. The zero-order chi connectivity index (χ0) is 9.14. The number of benzene rings is 1. The van der Waals surface area contributed by atoms with E-state index < -0.39 is 12.0 Å². The number of rotatable bonds is 2. The van der Waals surface area contributed by atoms with Crippen LogP contribution in [-0.2, 0) is 4.79 Å². The van der Waals surface area contributed by atoms with Crippen LogP contribution >= 0.6 is 11.6 Å². The van der Waals surface area contributed by atoms with E-state index in [0.29, 0.717) is 10.6 Å². The third-order valence-electron chi connectivity index (χ3n) is 1.48. The molecule has 0 radical (unpaired) electrons. The molecule has 0 aliphatic rings. The van der Waals surface area contributed by atoms with E-state index in [9.17, 15) is 9.90 Å². The molecule has 2 N–H and O–H groups in total. The van der Waals surface area contributed by atoms with Gasteiger partial charge >= 0.3 is 51.4 Å². The predicted molar refractivity (Wildman–Crippen MR) is 43.4 cm³/mol. The van der Waals surface area contributed by atoms with E-state index in [4.69, 9.17) is 17.3 Å². The van der Waals surface area contributed by atoms with E-state index in [0.717, 1.165) is 0 Å². The first-order valence-electron chi connectivity index (χ1n) is 3.33. The summed E-state index contributed by atoms with van der Waals surface area (Å²) in [6, 6.07) is 5.20. The number of carboxylic acids is 1. The van der Waals surface area contributed by atoms with E-state index in [1.54, 1.807) is 24.3 Å². The van der Waals surface area contributed by atoms with Crippen molar-refractivity contribution < 1.29 is 61.3 Å². The van der Waals surface area contributed by atoms with Crippen LogP contribution < -0.4 is 62.2 Å². The molecule has 3 nitrogen and oxygen atoms in total. The van der Waals surface area contributed by atoms with Crippen LogP contribution in [0.2, 0.25) is 5.02 Å². The molecular formula is C8H7ClKNO2. The molecule has 13 heavy (non-hydrogen) atoms. The summed E-state index contributed by atoms with van der Waals surface area (Å²) in [5.41, 5.74) is 5.77. The molecule has 1 aromatic rings. The van der Waals surface area contributed by atoms with Gasteiger partial charge in [-0.05, 0) is 17.7 Å². The van der Waals surface area contributed by atoms with Crippen molar-refractivity contribution in [2.45, 2.75) is 6.04 Å². The van der Waals surface area contributed by atoms with Crippen LogP contribution in [0.4, 0.5) is 0 Å². The molecule has 5 heteroatoms. The third-order valence-corrected chi connectivity index (χ3v) is 1.74. The molecule has 0 heterocycles. The van der Waals surface area contributed by atoms with Gasteiger partial charge in [0.05, 0.1) is 12.0 Å². The average Bonchev–Trinajstić information content (AvgIpc) is 2.04. The molecule has 0 aromatic heterocycles. The fraction of sp³-hybridized carbons (Fsp3) is 0.125. The molecule has 0 bridgehead atoms. The molecule has 64 valence electrons. The Hall–Kier alpha value is 0.576. The van der Waals surface area contributed by atoms with Gasteiger partial charge in [0.25, 0.3) is 0 Å². The Labute approximate surface area is 124 Å². The molecule has 0 aliphatic carbocycles. The first kappa shape index (κ1) is 13.6. The number of hydrogen-bond donors (Lipinski definition) is 1. The van der Waals surface area contributed by atoms with Crippen molar-refractivity contribution in [1.82, 2.24) is 0 Å².